The lowest BCUT2D eigenvalue weighted by Gasteiger charge is -2.30. The summed E-state index contributed by atoms with van der Waals surface area (Å²) in [6, 6.07) is 12.8. The van der Waals surface area contributed by atoms with Crippen LogP contribution in [0.4, 0.5) is 4.39 Å². The van der Waals surface area contributed by atoms with Gasteiger partial charge in [0, 0.05) is 12.0 Å². The number of fused-ring (bicyclic) bond motifs is 1. The highest BCUT2D eigenvalue weighted by molar-refractivity contribution is 5.39. The Hall–Kier alpha value is -1.87. The van der Waals surface area contributed by atoms with Crippen molar-refractivity contribution in [1.29, 1.82) is 0 Å². The van der Waals surface area contributed by atoms with Gasteiger partial charge in [-0.1, -0.05) is 24.3 Å². The fraction of sp³-hybridized carbons (Fsp3) is 0.333. The first kappa shape index (κ1) is 12.8. The van der Waals surface area contributed by atoms with Gasteiger partial charge in [-0.2, -0.15) is 0 Å². The quantitative estimate of drug-likeness (QED) is 0.892. The van der Waals surface area contributed by atoms with Crippen molar-refractivity contribution in [2.45, 2.75) is 37.4 Å². The number of aliphatic hydroxyl groups is 1. The van der Waals surface area contributed by atoms with E-state index in [9.17, 15) is 9.50 Å². The normalized spacial score (nSPS) is 24.3. The molecule has 2 nitrogen and oxygen atoms in total. The molecule has 2 aromatic rings. The van der Waals surface area contributed by atoms with E-state index in [2.05, 4.69) is 24.3 Å². The Morgan fingerprint density at radius 3 is 2.43 bits per heavy atom. The zero-order chi connectivity index (χ0) is 14.4. The first-order chi connectivity index (χ1) is 10.2. The molecule has 0 aromatic heterocycles. The molecule has 108 valence electrons. The van der Waals surface area contributed by atoms with E-state index in [1.165, 1.54) is 30.5 Å². The van der Waals surface area contributed by atoms with Gasteiger partial charge in [-0.3, -0.25) is 0 Å². The molecule has 1 fully saturated rings. The van der Waals surface area contributed by atoms with Crippen LogP contribution in [0.2, 0.25) is 0 Å². The third-order valence-corrected chi connectivity index (χ3v) is 4.39. The molecular weight excluding hydrogens is 267 g/mol. The monoisotopic (exact) mass is 284 g/mol. The smallest absolute Gasteiger partial charge is 0.127 e. The van der Waals surface area contributed by atoms with E-state index in [1.807, 2.05) is 0 Å². The third-order valence-electron chi connectivity index (χ3n) is 4.39. The Bertz CT molecular complexity index is 661. The first-order valence-corrected chi connectivity index (χ1v) is 7.45. The van der Waals surface area contributed by atoms with E-state index in [4.69, 9.17) is 4.74 Å². The van der Waals surface area contributed by atoms with E-state index in [0.29, 0.717) is 17.7 Å². The highest BCUT2D eigenvalue weighted by Gasteiger charge is 2.29. The van der Waals surface area contributed by atoms with Gasteiger partial charge in [-0.15, -0.1) is 0 Å². The molecule has 1 heterocycles. The average Bonchev–Trinajstić information content (AvgIpc) is 3.33. The lowest BCUT2D eigenvalue weighted by molar-refractivity contribution is 0.0653. The van der Waals surface area contributed by atoms with Gasteiger partial charge in [-0.05, 0) is 48.1 Å². The molecular formula is C18H17FO2. The van der Waals surface area contributed by atoms with Crippen LogP contribution in [0.1, 0.15) is 54.1 Å². The maximum atomic E-state index is 13.2. The first-order valence-electron chi connectivity index (χ1n) is 7.45. The summed E-state index contributed by atoms with van der Waals surface area (Å²) in [5.74, 6) is 0.968. The van der Waals surface area contributed by atoms with Gasteiger partial charge in [0.25, 0.3) is 0 Å². The van der Waals surface area contributed by atoms with Gasteiger partial charge < -0.3 is 9.84 Å². The standard InChI is InChI=1S/C18H17FO2/c19-14-7-8-17-15(9-14)16(20)10-18(21-17)13-5-3-12(4-6-13)11-1-2-11/h3-9,11,16,18,20H,1-2,10H2. The number of aliphatic hydroxyl groups excluding tert-OH is 1. The van der Waals surface area contributed by atoms with E-state index < -0.39 is 6.10 Å². The van der Waals surface area contributed by atoms with E-state index in [-0.39, 0.29) is 11.9 Å². The fourth-order valence-corrected chi connectivity index (χ4v) is 3.02. The van der Waals surface area contributed by atoms with Crippen molar-refractivity contribution in [3.05, 3.63) is 65.0 Å². The number of halogens is 1. The Morgan fingerprint density at radius 2 is 1.71 bits per heavy atom. The molecule has 0 saturated heterocycles. The highest BCUT2D eigenvalue weighted by atomic mass is 19.1. The van der Waals surface area contributed by atoms with Crippen molar-refractivity contribution in [2.24, 2.45) is 0 Å². The molecule has 0 bridgehead atoms. The van der Waals surface area contributed by atoms with Crippen LogP contribution in [0.25, 0.3) is 0 Å². The van der Waals surface area contributed by atoms with E-state index >= 15 is 0 Å². The second kappa shape index (κ2) is 4.85. The fourth-order valence-electron chi connectivity index (χ4n) is 3.02. The predicted molar refractivity (Wildman–Crippen MR) is 77.8 cm³/mol. The van der Waals surface area contributed by atoms with Crippen molar-refractivity contribution in [1.82, 2.24) is 0 Å². The van der Waals surface area contributed by atoms with Crippen LogP contribution in [0.15, 0.2) is 42.5 Å². The second-order valence-corrected chi connectivity index (χ2v) is 5.98. The van der Waals surface area contributed by atoms with Crippen molar-refractivity contribution in [3.63, 3.8) is 0 Å². The van der Waals surface area contributed by atoms with Crippen LogP contribution in [-0.4, -0.2) is 5.11 Å². The van der Waals surface area contributed by atoms with Crippen LogP contribution in [0.3, 0.4) is 0 Å². The minimum atomic E-state index is -0.683. The summed E-state index contributed by atoms with van der Waals surface area (Å²) >= 11 is 0. The number of rotatable bonds is 2. The number of ether oxygens (including phenoxy) is 1. The Kier molecular flexibility index (Phi) is 2.96. The van der Waals surface area contributed by atoms with Gasteiger partial charge in [0.15, 0.2) is 0 Å². The molecule has 2 atom stereocenters. The molecule has 2 aliphatic rings. The molecule has 1 saturated carbocycles. The van der Waals surface area contributed by atoms with Crippen molar-refractivity contribution in [3.8, 4) is 5.75 Å². The Morgan fingerprint density at radius 1 is 1.00 bits per heavy atom. The molecule has 0 amide bonds. The summed E-state index contributed by atoms with van der Waals surface area (Å²) in [6.45, 7) is 0. The average molecular weight is 284 g/mol. The molecule has 2 unspecified atom stereocenters. The second-order valence-electron chi connectivity index (χ2n) is 5.98. The third kappa shape index (κ3) is 2.42. The molecule has 2 aromatic carbocycles. The van der Waals surface area contributed by atoms with Crippen LogP contribution >= 0.6 is 0 Å². The van der Waals surface area contributed by atoms with Gasteiger partial charge in [0.05, 0.1) is 6.10 Å². The predicted octanol–water partition coefficient (Wildman–Crippen LogP) is 4.26. The van der Waals surface area contributed by atoms with Crippen LogP contribution in [0, 0.1) is 5.82 Å². The van der Waals surface area contributed by atoms with E-state index in [0.717, 1.165) is 11.5 Å². The van der Waals surface area contributed by atoms with Gasteiger partial charge >= 0.3 is 0 Å². The summed E-state index contributed by atoms with van der Waals surface area (Å²) in [4.78, 5) is 0. The summed E-state index contributed by atoms with van der Waals surface area (Å²) in [5.41, 5.74) is 2.99. The summed E-state index contributed by atoms with van der Waals surface area (Å²) < 4.78 is 19.2. The zero-order valence-corrected chi connectivity index (χ0v) is 11.6. The van der Waals surface area contributed by atoms with Gasteiger partial charge in [0.1, 0.15) is 17.7 Å². The number of hydrogen-bond acceptors (Lipinski definition) is 2. The number of benzene rings is 2. The SMILES string of the molecule is OC1CC(c2ccc(C3CC3)cc2)Oc2ccc(F)cc21. The maximum Gasteiger partial charge on any atom is 0.127 e. The van der Waals surface area contributed by atoms with E-state index in [1.54, 1.807) is 6.07 Å². The van der Waals surface area contributed by atoms with Crippen LogP contribution in [0.5, 0.6) is 5.75 Å². The van der Waals surface area contributed by atoms with Gasteiger partial charge in [0.2, 0.25) is 0 Å². The topological polar surface area (TPSA) is 29.5 Å². The molecule has 1 aliphatic carbocycles. The minimum absolute atomic E-state index is 0.175. The molecule has 3 heteroatoms. The summed E-state index contributed by atoms with van der Waals surface area (Å²) in [7, 11) is 0. The largest absolute Gasteiger partial charge is 0.485 e. The van der Waals surface area contributed by atoms with Crippen molar-refractivity contribution < 1.29 is 14.2 Å². The van der Waals surface area contributed by atoms with Crippen molar-refractivity contribution in [2.75, 3.05) is 0 Å². The molecule has 1 aliphatic heterocycles. The summed E-state index contributed by atoms with van der Waals surface area (Å²) in [5, 5.41) is 10.2. The summed E-state index contributed by atoms with van der Waals surface area (Å²) in [6.07, 6.45) is 2.18. The Labute approximate surface area is 123 Å². The molecule has 1 N–H and O–H groups in total. The van der Waals surface area contributed by atoms with Crippen LogP contribution in [-0.2, 0) is 0 Å². The minimum Gasteiger partial charge on any atom is -0.485 e. The zero-order valence-electron chi connectivity index (χ0n) is 11.6. The lowest BCUT2D eigenvalue weighted by atomic mass is 9.94. The Balaban J connectivity index is 1.60. The number of hydrogen-bond donors (Lipinski definition) is 1. The molecule has 0 spiro atoms. The molecule has 4 rings (SSSR count). The highest BCUT2D eigenvalue weighted by Crippen LogP contribution is 2.43. The van der Waals surface area contributed by atoms with Gasteiger partial charge in [-0.25, -0.2) is 4.39 Å². The lowest BCUT2D eigenvalue weighted by Crippen LogP contribution is -2.19. The maximum absolute atomic E-state index is 13.2. The molecule has 0 radical (unpaired) electrons. The molecule has 21 heavy (non-hydrogen) atoms. The van der Waals surface area contributed by atoms with Crippen LogP contribution < -0.4 is 4.74 Å². The van der Waals surface area contributed by atoms with Crippen molar-refractivity contribution >= 4 is 0 Å².